The summed E-state index contributed by atoms with van der Waals surface area (Å²) in [5.74, 6) is 0. The van der Waals surface area contributed by atoms with Crippen LogP contribution in [0.4, 0.5) is 0 Å². The molecule has 0 rings (SSSR count). The molecule has 0 aromatic rings. The van der Waals surface area contributed by atoms with Gasteiger partial charge in [-0.05, 0) is 0 Å². The molecule has 0 radical (unpaired) electrons. The molecular formula is C6H42. The minimum atomic E-state index is 0. The van der Waals surface area contributed by atoms with Crippen molar-refractivity contribution in [2.75, 3.05) is 0 Å². The molecule has 0 nitrogen and oxygen atoms in total. The molecule has 0 atom stereocenters. The second-order valence-electron chi connectivity index (χ2n) is 1.41. The van der Waals surface area contributed by atoms with Crippen LogP contribution in [0.5, 0.6) is 0 Å². The van der Waals surface area contributed by atoms with E-state index in [0.29, 0.717) is 0 Å². The van der Waals surface area contributed by atoms with E-state index in [1.54, 1.807) is 0 Å². The monoisotopic (exact) mass is 138 g/mol. The van der Waals surface area contributed by atoms with Crippen molar-refractivity contribution in [3.63, 3.8) is 0 Å². The van der Waals surface area contributed by atoms with Crippen LogP contribution in [0, 0.1) is 0 Å². The highest BCUT2D eigenvalue weighted by atomic mass is 13.4. The van der Waals surface area contributed by atoms with Crippen LogP contribution in [0.25, 0.3) is 0 Å². The third-order valence-electron chi connectivity index (χ3n) is 0. The Morgan fingerprint density at radius 3 is 1.00 bits per heavy atom. The average Bonchev–Trinajstić information content (AvgIpc) is 2.88. The molecule has 0 aliphatic rings. The van der Waals surface area contributed by atoms with E-state index in [-0.39, 0.29) is 2.85 Å². The van der Waals surface area contributed by atoms with Crippen molar-refractivity contribution in [2.45, 2.75) is 40.5 Å². The summed E-state index contributed by atoms with van der Waals surface area (Å²) < 4.78 is 110. The van der Waals surface area contributed by atoms with Gasteiger partial charge in [0.05, 0.1) is 0 Å². The zero-order valence-electron chi connectivity index (χ0n) is 27.4. The van der Waals surface area contributed by atoms with Crippen LogP contribution in [0.15, 0.2) is 0 Å². The minimum absolute atomic E-state index is 0. The van der Waals surface area contributed by atoms with Crippen LogP contribution in [0.2, 0.25) is 0 Å². The van der Waals surface area contributed by atoms with Crippen molar-refractivity contribution >= 4 is 0 Å². The average molecular weight is 139 g/mol. The Hall–Kier alpha value is 0. The molecule has 0 unspecified atom stereocenters. The predicted octanol–water partition coefficient (Wildman–Crippen LogP) is 6.03. The van der Waals surface area contributed by atoms with Crippen LogP contribution in [0.1, 0.15) is 76.1 Å². The van der Waals surface area contributed by atoms with E-state index in [1.165, 1.54) is 12.8 Å². The van der Waals surface area contributed by atoms with Gasteiger partial charge < -0.3 is 0 Å². The molecule has 0 heterocycles. The molecule has 6 heavy (non-hydrogen) atoms. The Morgan fingerprint density at radius 2 is 1.00 bits per heavy atom. The fourth-order valence-corrected chi connectivity index (χ4v) is 0. The van der Waals surface area contributed by atoms with Gasteiger partial charge in [-0.25, -0.2) is 0 Å². The molecule has 0 N–H and O–H groups in total. The first-order valence-electron chi connectivity index (χ1n) is 13.8. The first-order valence-corrected chi connectivity index (χ1v) is 2.83. The van der Waals surface area contributed by atoms with E-state index in [0.717, 1.165) is 0 Å². The van der Waals surface area contributed by atoms with Gasteiger partial charge in [0.2, 0.25) is 0 Å². The molecule has 0 saturated heterocycles. The quantitative estimate of drug-likeness (QED) is 0.383. The standard InChI is InChI=1S/2C3H8.13H2/c2*1-3-2;;;;;;;;;;;;;/h2*3H2,1-2H3;13*1H/i;;11*1+1D;2*1+1. The van der Waals surface area contributed by atoms with E-state index < -0.39 is 0 Å². The summed E-state index contributed by atoms with van der Waals surface area (Å²) in [7, 11) is 0. The summed E-state index contributed by atoms with van der Waals surface area (Å²) in [6, 6.07) is 0. The van der Waals surface area contributed by atoms with Gasteiger partial charge in [-0.1, -0.05) is 40.5 Å². The van der Waals surface area contributed by atoms with Crippen molar-refractivity contribution in [1.29, 1.82) is 0 Å². The van der Waals surface area contributed by atoms with Crippen LogP contribution < -0.4 is 0 Å². The molecule has 0 aromatic carbocycles. The van der Waals surface area contributed by atoms with E-state index in [1.807, 2.05) is 0 Å². The van der Waals surface area contributed by atoms with Crippen molar-refractivity contribution in [1.82, 2.24) is 0 Å². The smallest absolute Gasteiger partial charge is 0 e. The summed E-state index contributed by atoms with van der Waals surface area (Å²) in [6.45, 7) is 8.50. The molecule has 0 aliphatic carbocycles. The second-order valence-corrected chi connectivity index (χ2v) is 1.41. The van der Waals surface area contributed by atoms with E-state index in [9.17, 15) is 0 Å². The molecular weight excluding hydrogens is 72.1 g/mol. The maximum absolute atomic E-state index is 5.00. The first kappa shape index (κ1) is 0.667. The largest absolute Gasteiger partial charge is 0.0656 e. The summed E-state index contributed by atoms with van der Waals surface area (Å²) in [4.78, 5) is 0. The lowest BCUT2D eigenvalue weighted by Crippen LogP contribution is -1.27. The highest BCUT2D eigenvalue weighted by molar-refractivity contribution is 3.92. The van der Waals surface area contributed by atoms with Crippen LogP contribution >= 0.6 is 0 Å². The Kier molecular flexibility index (Phi) is 2.22. The summed E-state index contributed by atoms with van der Waals surface area (Å²) in [5, 5.41) is 0. The Labute approximate surface area is 78.5 Å². The highest BCUT2D eigenvalue weighted by Gasteiger charge is 1.36. The molecule has 0 aromatic heterocycles. The molecule has 0 spiro atoms. The lowest BCUT2D eigenvalue weighted by Gasteiger charge is -1.48. The summed E-state index contributed by atoms with van der Waals surface area (Å²) in [5.41, 5.74) is 0. The van der Waals surface area contributed by atoms with Gasteiger partial charge in [-0.2, -0.15) is 0 Å². The first-order chi connectivity index (χ1) is 13.8. The van der Waals surface area contributed by atoms with E-state index in [2.05, 4.69) is 27.7 Å². The molecule has 0 amide bonds. The second kappa shape index (κ2) is 20.0. The van der Waals surface area contributed by atoms with Gasteiger partial charge in [0.25, 0.3) is 0 Å². The maximum atomic E-state index is 5.00. The SMILES string of the molecule is CCC.CCC.[2HH].[2HH].[2H][2H].[2H][2H].[2H][2H].[2H][2H].[2H][2H].[2H][2H].[2H][2H].[2H][2H].[2H][2H].[2H][2H].[2H][2H]. The minimum Gasteiger partial charge on any atom is -0.0656 e. The molecule has 0 saturated carbocycles. The zero-order valence-corrected chi connectivity index (χ0v) is 5.41. The van der Waals surface area contributed by atoms with Crippen LogP contribution in [-0.4, -0.2) is 0 Å². The highest BCUT2D eigenvalue weighted by Crippen LogP contribution is 1.56. The van der Waals surface area contributed by atoms with Crippen LogP contribution in [0.3, 0.4) is 0 Å². The van der Waals surface area contributed by atoms with Crippen molar-refractivity contribution in [3.05, 3.63) is 0 Å². The van der Waals surface area contributed by atoms with Crippen molar-refractivity contribution in [2.24, 2.45) is 0 Å². The van der Waals surface area contributed by atoms with E-state index in [4.69, 9.17) is 32.7 Å². The van der Waals surface area contributed by atoms with E-state index >= 15 is 0 Å². The van der Waals surface area contributed by atoms with Gasteiger partial charge in [0.15, 0.2) is 0 Å². The molecule has 66 valence electrons. The lowest BCUT2D eigenvalue weighted by molar-refractivity contribution is 1.09. The number of hydrogen-bond acceptors (Lipinski definition) is 0. The maximum Gasteiger partial charge on any atom is 0 e. The van der Waals surface area contributed by atoms with Gasteiger partial charge >= 0.3 is 0 Å². The predicted molar refractivity (Wildman–Crippen MR) is 59.4 cm³/mol. The Balaban J connectivity index is -0.00000000624. The third-order valence-corrected chi connectivity index (χ3v) is 0. The van der Waals surface area contributed by atoms with Gasteiger partial charge in [0, 0.05) is 35.5 Å². The van der Waals surface area contributed by atoms with Gasteiger partial charge in [-0.3, -0.25) is 0 Å². The third kappa shape index (κ3) is 0. The molecule has 0 fully saturated rings. The Bertz CT molecular complexity index is 23.7. The molecule has 0 aliphatic heterocycles. The zero-order chi connectivity index (χ0) is 27.4. The Morgan fingerprint density at radius 1 is 1.00 bits per heavy atom. The van der Waals surface area contributed by atoms with Crippen LogP contribution in [-0.2, 0) is 0 Å². The normalized spacial score (nSPS) is 20.7. The topological polar surface area (TPSA) is 0 Å². The van der Waals surface area contributed by atoms with Gasteiger partial charge in [0.1, 0.15) is 0 Å². The number of hydrogen-bond donors (Lipinski definition) is 0. The summed E-state index contributed by atoms with van der Waals surface area (Å²) >= 11 is 0. The fraction of sp³-hybridized carbons (Fsp3) is 1.00. The lowest BCUT2D eigenvalue weighted by atomic mass is 10.6. The van der Waals surface area contributed by atoms with Crippen molar-refractivity contribution in [3.8, 4) is 0 Å². The fourth-order valence-electron chi connectivity index (χ4n) is 0. The molecule has 0 heteroatoms. The van der Waals surface area contributed by atoms with Gasteiger partial charge in [-0.15, -0.1) is 0 Å². The molecule has 0 bridgehead atoms. The van der Waals surface area contributed by atoms with Crippen molar-refractivity contribution < 1.29 is 35.5 Å². The number of rotatable bonds is 0. The summed E-state index contributed by atoms with van der Waals surface area (Å²) in [6.07, 6.45) is 2.50.